The summed E-state index contributed by atoms with van der Waals surface area (Å²) in [6, 6.07) is 4.74. The minimum atomic E-state index is -0.0576. The first-order valence-electron chi connectivity index (χ1n) is 7.53. The van der Waals surface area contributed by atoms with Crippen LogP contribution >= 0.6 is 0 Å². The van der Waals surface area contributed by atoms with Crippen LogP contribution in [0.15, 0.2) is 12.1 Å². The second kappa shape index (κ2) is 5.77. The van der Waals surface area contributed by atoms with E-state index in [9.17, 15) is 5.11 Å². The summed E-state index contributed by atoms with van der Waals surface area (Å²) in [7, 11) is 0. The van der Waals surface area contributed by atoms with Gasteiger partial charge in [0, 0.05) is 12.6 Å². The highest BCUT2D eigenvalue weighted by Gasteiger charge is 2.26. The smallest absolute Gasteiger partial charge is 0.123 e. The largest absolute Gasteiger partial charge is 0.507 e. The average molecular weight is 277 g/mol. The number of aromatic hydroxyl groups is 1. The van der Waals surface area contributed by atoms with Gasteiger partial charge in [0.25, 0.3) is 0 Å². The van der Waals surface area contributed by atoms with Gasteiger partial charge in [0.15, 0.2) is 0 Å². The highest BCUT2D eigenvalue weighted by atomic mass is 16.3. The van der Waals surface area contributed by atoms with Crippen LogP contribution in [0.1, 0.15) is 72.1 Å². The molecule has 0 unspecified atom stereocenters. The highest BCUT2D eigenvalue weighted by molar-refractivity contribution is 5.49. The molecule has 0 heterocycles. The van der Waals surface area contributed by atoms with Crippen molar-refractivity contribution in [2.75, 3.05) is 0 Å². The molecule has 1 rings (SSSR count). The highest BCUT2D eigenvalue weighted by Crippen LogP contribution is 2.39. The van der Waals surface area contributed by atoms with Crippen molar-refractivity contribution >= 4 is 0 Å². The third-order valence-corrected chi connectivity index (χ3v) is 3.50. The summed E-state index contributed by atoms with van der Waals surface area (Å²) in [6.45, 7) is 18.0. The molecule has 20 heavy (non-hydrogen) atoms. The lowest BCUT2D eigenvalue weighted by atomic mass is 9.78. The standard InChI is InChI=1S/C18H31NO/c1-12(2)19-11-13-9-14(17(3,4)5)16(20)15(10-13)18(6,7)8/h9-10,12,19-20H,11H2,1-8H3. The molecule has 0 bridgehead atoms. The Kier molecular flexibility index (Phi) is 4.91. The topological polar surface area (TPSA) is 32.3 Å². The van der Waals surface area contributed by atoms with Crippen molar-refractivity contribution in [3.05, 3.63) is 28.8 Å². The van der Waals surface area contributed by atoms with E-state index in [1.807, 2.05) is 0 Å². The Hall–Kier alpha value is -1.02. The number of nitrogens with one attached hydrogen (secondary N) is 1. The predicted octanol–water partition coefficient (Wildman–Crippen LogP) is 4.49. The second-order valence-corrected chi connectivity index (χ2v) is 8.08. The van der Waals surface area contributed by atoms with Crippen molar-refractivity contribution in [2.45, 2.75) is 78.8 Å². The number of phenolic OH excluding ortho intramolecular Hbond substituents is 1. The predicted molar refractivity (Wildman–Crippen MR) is 87.5 cm³/mol. The summed E-state index contributed by atoms with van der Waals surface area (Å²) in [5.74, 6) is 0.457. The number of benzene rings is 1. The fourth-order valence-corrected chi connectivity index (χ4v) is 2.26. The van der Waals surface area contributed by atoms with Crippen LogP contribution < -0.4 is 5.32 Å². The molecule has 0 radical (unpaired) electrons. The van der Waals surface area contributed by atoms with Crippen LogP contribution in [0, 0.1) is 0 Å². The molecule has 0 atom stereocenters. The van der Waals surface area contributed by atoms with Gasteiger partial charge in [-0.3, -0.25) is 0 Å². The van der Waals surface area contributed by atoms with E-state index in [0.717, 1.165) is 17.7 Å². The number of hydrogen-bond donors (Lipinski definition) is 2. The first kappa shape index (κ1) is 17.0. The normalized spacial score (nSPS) is 13.1. The van der Waals surface area contributed by atoms with Crippen LogP contribution in [0.2, 0.25) is 0 Å². The van der Waals surface area contributed by atoms with Crippen LogP contribution in [0.25, 0.3) is 0 Å². The summed E-state index contributed by atoms with van der Waals surface area (Å²) in [5, 5.41) is 14.1. The maximum absolute atomic E-state index is 10.6. The van der Waals surface area contributed by atoms with Gasteiger partial charge in [-0.15, -0.1) is 0 Å². The van der Waals surface area contributed by atoms with E-state index < -0.39 is 0 Å². The first-order valence-corrected chi connectivity index (χ1v) is 7.53. The average Bonchev–Trinajstić information content (AvgIpc) is 2.24. The number of rotatable bonds is 3. The Balaban J connectivity index is 3.35. The first-order chi connectivity index (χ1) is 8.93. The molecule has 0 fully saturated rings. The quantitative estimate of drug-likeness (QED) is 0.853. The van der Waals surface area contributed by atoms with E-state index in [1.54, 1.807) is 0 Å². The van der Waals surface area contributed by atoms with Crippen molar-refractivity contribution in [1.29, 1.82) is 0 Å². The third-order valence-electron chi connectivity index (χ3n) is 3.50. The third kappa shape index (κ3) is 4.24. The van der Waals surface area contributed by atoms with E-state index in [2.05, 4.69) is 72.8 Å². The van der Waals surface area contributed by atoms with Crippen molar-refractivity contribution in [1.82, 2.24) is 5.32 Å². The molecule has 0 aliphatic rings. The molecule has 2 N–H and O–H groups in total. The van der Waals surface area contributed by atoms with Crippen molar-refractivity contribution in [3.8, 4) is 5.75 Å². The van der Waals surface area contributed by atoms with Gasteiger partial charge in [-0.2, -0.15) is 0 Å². The van der Waals surface area contributed by atoms with Crippen LogP contribution in [0.4, 0.5) is 0 Å². The second-order valence-electron chi connectivity index (χ2n) is 8.08. The number of hydrogen-bond acceptors (Lipinski definition) is 2. The van der Waals surface area contributed by atoms with Gasteiger partial charge in [-0.05, 0) is 27.5 Å². The van der Waals surface area contributed by atoms with Crippen molar-refractivity contribution < 1.29 is 5.11 Å². The monoisotopic (exact) mass is 277 g/mol. The molecule has 0 aliphatic heterocycles. The molecule has 1 aromatic carbocycles. The van der Waals surface area contributed by atoms with E-state index in [0.29, 0.717) is 11.8 Å². The van der Waals surface area contributed by atoms with Gasteiger partial charge >= 0.3 is 0 Å². The molecular weight excluding hydrogens is 246 g/mol. The zero-order valence-electron chi connectivity index (χ0n) is 14.4. The Morgan fingerprint density at radius 1 is 0.950 bits per heavy atom. The van der Waals surface area contributed by atoms with Gasteiger partial charge in [-0.1, -0.05) is 67.5 Å². The van der Waals surface area contributed by atoms with Crippen LogP contribution in [0.5, 0.6) is 5.75 Å². The van der Waals surface area contributed by atoms with Gasteiger partial charge in [-0.25, -0.2) is 0 Å². The molecule has 0 amide bonds. The minimum Gasteiger partial charge on any atom is -0.507 e. The number of phenols is 1. The summed E-state index contributed by atoms with van der Waals surface area (Å²) >= 11 is 0. The summed E-state index contributed by atoms with van der Waals surface area (Å²) in [5.41, 5.74) is 3.19. The molecule has 0 saturated carbocycles. The van der Waals surface area contributed by atoms with Crippen molar-refractivity contribution in [2.24, 2.45) is 0 Å². The van der Waals surface area contributed by atoms with E-state index in [4.69, 9.17) is 0 Å². The zero-order chi connectivity index (χ0) is 15.7. The van der Waals surface area contributed by atoms with E-state index >= 15 is 0 Å². The Morgan fingerprint density at radius 3 is 1.65 bits per heavy atom. The molecule has 2 nitrogen and oxygen atoms in total. The Morgan fingerprint density at radius 2 is 1.35 bits per heavy atom. The maximum atomic E-state index is 10.6. The lowest BCUT2D eigenvalue weighted by molar-refractivity contribution is 0.422. The molecule has 0 aromatic heterocycles. The van der Waals surface area contributed by atoms with Crippen LogP contribution in [-0.2, 0) is 17.4 Å². The summed E-state index contributed by atoms with van der Waals surface area (Å²) < 4.78 is 0. The lowest BCUT2D eigenvalue weighted by Gasteiger charge is -2.28. The van der Waals surface area contributed by atoms with Gasteiger partial charge in [0.1, 0.15) is 5.75 Å². The van der Waals surface area contributed by atoms with Gasteiger partial charge in [0.2, 0.25) is 0 Å². The Labute approximate surface area is 124 Å². The molecular formula is C18H31NO. The molecule has 0 saturated heterocycles. The summed E-state index contributed by atoms with van der Waals surface area (Å²) in [4.78, 5) is 0. The molecule has 0 aliphatic carbocycles. The van der Waals surface area contributed by atoms with Crippen molar-refractivity contribution in [3.63, 3.8) is 0 Å². The molecule has 1 aromatic rings. The van der Waals surface area contributed by atoms with Crippen LogP contribution in [-0.4, -0.2) is 11.1 Å². The van der Waals surface area contributed by atoms with Gasteiger partial charge < -0.3 is 10.4 Å². The van der Waals surface area contributed by atoms with E-state index in [-0.39, 0.29) is 10.8 Å². The fraction of sp³-hybridized carbons (Fsp3) is 0.667. The zero-order valence-corrected chi connectivity index (χ0v) is 14.4. The SMILES string of the molecule is CC(C)NCc1cc(C(C)(C)C)c(O)c(C(C)(C)C)c1. The van der Waals surface area contributed by atoms with Gasteiger partial charge in [0.05, 0.1) is 0 Å². The minimum absolute atomic E-state index is 0.0576. The fourth-order valence-electron chi connectivity index (χ4n) is 2.26. The molecule has 2 heteroatoms. The van der Waals surface area contributed by atoms with E-state index in [1.165, 1.54) is 5.56 Å². The molecule has 0 spiro atoms. The Bertz CT molecular complexity index is 426. The lowest BCUT2D eigenvalue weighted by Crippen LogP contribution is -2.23. The molecule has 114 valence electrons. The maximum Gasteiger partial charge on any atom is 0.123 e. The summed E-state index contributed by atoms with van der Waals surface area (Å²) in [6.07, 6.45) is 0. The van der Waals surface area contributed by atoms with Crippen LogP contribution in [0.3, 0.4) is 0 Å².